The van der Waals surface area contributed by atoms with Crippen LogP contribution in [0.2, 0.25) is 0 Å². The first-order valence-corrected chi connectivity index (χ1v) is 5.68. The Morgan fingerprint density at radius 3 is 2.47 bits per heavy atom. The van der Waals surface area contributed by atoms with Crippen LogP contribution in [0.4, 0.5) is 0 Å². The van der Waals surface area contributed by atoms with E-state index in [9.17, 15) is 0 Å². The Balaban J connectivity index is 0.00000108. The number of aromatic nitrogens is 1. The summed E-state index contributed by atoms with van der Waals surface area (Å²) in [5, 5.41) is 2.53. The summed E-state index contributed by atoms with van der Waals surface area (Å²) >= 11 is 0. The van der Waals surface area contributed by atoms with Crippen molar-refractivity contribution in [2.24, 2.45) is 0 Å². The van der Waals surface area contributed by atoms with Gasteiger partial charge in [0, 0.05) is 43.8 Å². The Morgan fingerprint density at radius 2 is 1.71 bits per heavy atom. The average molecular weight is 373 g/mol. The van der Waals surface area contributed by atoms with Crippen LogP contribution >= 0.6 is 0 Å². The molecule has 0 aliphatic heterocycles. The van der Waals surface area contributed by atoms with E-state index < -0.39 is 0 Å². The molecule has 3 rings (SSSR count). The van der Waals surface area contributed by atoms with E-state index in [2.05, 4.69) is 60.9 Å². The molecule has 0 unspecified atom stereocenters. The number of hydrogen-bond acceptors (Lipinski definition) is 0. The van der Waals surface area contributed by atoms with Gasteiger partial charge in [0.15, 0.2) is 0 Å². The molecular weight excluding hydrogens is 359 g/mol. The maximum atomic E-state index is 3.35. The summed E-state index contributed by atoms with van der Waals surface area (Å²) in [5.41, 5.74) is 2.58. The summed E-state index contributed by atoms with van der Waals surface area (Å²) in [6.45, 7) is 4.44. The minimum absolute atomic E-state index is 0. The molecule has 0 spiro atoms. The van der Waals surface area contributed by atoms with Gasteiger partial charge in [-0.15, -0.1) is 29.7 Å². The molecular formula is C15H14HoN-. The molecule has 1 aromatic heterocycles. The van der Waals surface area contributed by atoms with Gasteiger partial charge < -0.3 is 4.57 Å². The fourth-order valence-electron chi connectivity index (χ4n) is 2.43. The van der Waals surface area contributed by atoms with E-state index in [-0.39, 0.29) is 37.7 Å². The molecule has 3 aromatic rings. The van der Waals surface area contributed by atoms with Gasteiger partial charge in [0.25, 0.3) is 0 Å². The summed E-state index contributed by atoms with van der Waals surface area (Å²) in [7, 11) is 0. The second-order valence-corrected chi connectivity index (χ2v) is 4.41. The predicted octanol–water partition coefficient (Wildman–Crippen LogP) is 4.18. The predicted molar refractivity (Wildman–Crippen MR) is 68.7 cm³/mol. The summed E-state index contributed by atoms with van der Waals surface area (Å²) < 4.78 is 2.38. The Bertz CT molecular complexity index is 599. The molecule has 0 aliphatic carbocycles. The second-order valence-electron chi connectivity index (χ2n) is 4.41. The summed E-state index contributed by atoms with van der Waals surface area (Å²) in [5.74, 6) is 0. The molecule has 0 fully saturated rings. The molecule has 91 valence electrons. The Kier molecular flexibility index (Phi) is 3.82. The number of para-hydroxylation sites is 1. The minimum Gasteiger partial charge on any atom is -0.387 e. The van der Waals surface area contributed by atoms with Crippen LogP contribution in [0.5, 0.6) is 0 Å². The first-order valence-electron chi connectivity index (χ1n) is 5.68. The van der Waals surface area contributed by atoms with Crippen molar-refractivity contribution in [2.75, 3.05) is 0 Å². The van der Waals surface area contributed by atoms with Gasteiger partial charge in [0.2, 0.25) is 0 Å². The molecule has 0 saturated carbocycles. The number of hydrogen-bond donors (Lipinski definition) is 0. The zero-order chi connectivity index (χ0) is 11.1. The number of fused-ring (bicyclic) bond motifs is 3. The van der Waals surface area contributed by atoms with Gasteiger partial charge >= 0.3 is 0 Å². The molecule has 0 saturated heterocycles. The van der Waals surface area contributed by atoms with Gasteiger partial charge in [0.1, 0.15) is 0 Å². The van der Waals surface area contributed by atoms with Crippen LogP contribution in [0.25, 0.3) is 21.8 Å². The zero-order valence-electron chi connectivity index (χ0n) is 9.87. The summed E-state index contributed by atoms with van der Waals surface area (Å²) in [4.78, 5) is 0. The van der Waals surface area contributed by atoms with Crippen LogP contribution in [0.1, 0.15) is 19.9 Å². The largest absolute Gasteiger partial charge is 0.387 e. The van der Waals surface area contributed by atoms with Gasteiger partial charge in [-0.2, -0.15) is 0 Å². The molecule has 0 aliphatic rings. The van der Waals surface area contributed by atoms with E-state index in [1.54, 1.807) is 0 Å². The van der Waals surface area contributed by atoms with Gasteiger partial charge in [0.05, 0.1) is 0 Å². The molecule has 0 bridgehead atoms. The molecule has 0 atom stereocenters. The maximum absolute atomic E-state index is 3.35. The van der Waals surface area contributed by atoms with Crippen LogP contribution in [-0.4, -0.2) is 4.57 Å². The first kappa shape index (κ1) is 12.9. The molecule has 1 heterocycles. The van der Waals surface area contributed by atoms with Gasteiger partial charge in [-0.3, -0.25) is 0 Å². The Morgan fingerprint density at radius 1 is 1.00 bits per heavy atom. The van der Waals surface area contributed by atoms with Crippen molar-refractivity contribution in [3.05, 3.63) is 48.5 Å². The minimum atomic E-state index is 0. The number of rotatable bonds is 1. The first-order chi connectivity index (χ1) is 7.79. The number of benzene rings is 2. The van der Waals surface area contributed by atoms with E-state index in [0.29, 0.717) is 6.04 Å². The van der Waals surface area contributed by atoms with Crippen molar-refractivity contribution >= 4 is 21.8 Å². The third-order valence-electron chi connectivity index (χ3n) is 3.04. The molecule has 17 heavy (non-hydrogen) atoms. The average Bonchev–Trinajstić information content (AvgIpc) is 2.63. The number of nitrogens with zero attached hydrogens (tertiary/aromatic N) is 1. The quantitative estimate of drug-likeness (QED) is 0.446. The second kappa shape index (κ2) is 5.01. The van der Waals surface area contributed by atoms with Gasteiger partial charge in [-0.25, -0.2) is 0 Å². The van der Waals surface area contributed by atoms with E-state index in [0.717, 1.165) is 0 Å². The van der Waals surface area contributed by atoms with E-state index in [1.807, 2.05) is 6.07 Å². The standard InChI is InChI=1S/C15H14N.Ho/c1-11(2)16-14-9-5-3-7-12(14)13-8-4-6-10-15(13)16;/h3-7,9-11H,1-2H3;/q-1;. The molecule has 1 radical (unpaired) electrons. The van der Waals surface area contributed by atoms with E-state index in [4.69, 9.17) is 0 Å². The van der Waals surface area contributed by atoms with Crippen molar-refractivity contribution < 1.29 is 37.7 Å². The monoisotopic (exact) mass is 373 g/mol. The van der Waals surface area contributed by atoms with E-state index in [1.165, 1.54) is 21.8 Å². The topological polar surface area (TPSA) is 4.93 Å². The smallest absolute Gasteiger partial charge is 0.0186 e. The van der Waals surface area contributed by atoms with Crippen LogP contribution < -0.4 is 0 Å². The van der Waals surface area contributed by atoms with Gasteiger partial charge in [-0.05, 0) is 30.9 Å². The Labute approximate surface area is 131 Å². The SMILES string of the molecule is CC(C)n1c2ccc[c-]c2c2ccccc21.[Ho]. The van der Waals surface area contributed by atoms with Crippen molar-refractivity contribution in [1.29, 1.82) is 0 Å². The third kappa shape index (κ3) is 2.01. The zero-order valence-corrected chi connectivity index (χ0v) is 11.8. The van der Waals surface area contributed by atoms with Gasteiger partial charge in [-0.1, -0.05) is 23.6 Å². The van der Waals surface area contributed by atoms with E-state index >= 15 is 0 Å². The van der Waals surface area contributed by atoms with Crippen molar-refractivity contribution in [2.45, 2.75) is 19.9 Å². The van der Waals surface area contributed by atoms with Crippen molar-refractivity contribution in [3.63, 3.8) is 0 Å². The summed E-state index contributed by atoms with van der Waals surface area (Å²) in [6.07, 6.45) is 0. The van der Waals surface area contributed by atoms with Crippen LogP contribution in [0.3, 0.4) is 0 Å². The summed E-state index contributed by atoms with van der Waals surface area (Å²) in [6, 6.07) is 18.6. The van der Waals surface area contributed by atoms with Crippen LogP contribution in [0.15, 0.2) is 42.5 Å². The molecule has 0 N–H and O–H groups in total. The molecule has 2 heteroatoms. The van der Waals surface area contributed by atoms with Crippen molar-refractivity contribution in [1.82, 2.24) is 4.57 Å². The fraction of sp³-hybridized carbons (Fsp3) is 0.200. The molecule has 1 nitrogen and oxygen atoms in total. The molecule has 2 aromatic carbocycles. The normalized spacial score (nSPS) is 11.0. The third-order valence-corrected chi connectivity index (χ3v) is 3.04. The molecule has 0 amide bonds. The van der Waals surface area contributed by atoms with Crippen molar-refractivity contribution in [3.8, 4) is 0 Å². The maximum Gasteiger partial charge on any atom is 0.0186 e. The Hall–Kier alpha value is -0.500. The van der Waals surface area contributed by atoms with Crippen LogP contribution in [0, 0.1) is 43.8 Å². The fourth-order valence-corrected chi connectivity index (χ4v) is 2.43. The van der Waals surface area contributed by atoms with Crippen LogP contribution in [-0.2, 0) is 0 Å².